The van der Waals surface area contributed by atoms with E-state index in [0.29, 0.717) is 19.7 Å². The summed E-state index contributed by atoms with van der Waals surface area (Å²) in [6, 6.07) is -0.0382. The molecule has 0 aromatic heterocycles. The van der Waals surface area contributed by atoms with E-state index in [-0.39, 0.29) is 24.5 Å². The van der Waals surface area contributed by atoms with E-state index in [1.807, 2.05) is 0 Å². The van der Waals surface area contributed by atoms with Crippen LogP contribution in [0.15, 0.2) is 0 Å². The van der Waals surface area contributed by atoms with Crippen LogP contribution in [0.2, 0.25) is 0 Å². The van der Waals surface area contributed by atoms with Crippen molar-refractivity contribution in [2.24, 2.45) is 11.7 Å². The van der Waals surface area contributed by atoms with Gasteiger partial charge in [0.25, 0.3) is 0 Å². The lowest BCUT2D eigenvalue weighted by atomic mass is 9.94. The molecule has 2 unspecified atom stereocenters. The number of nitrogens with zero attached hydrogens (tertiary/aromatic N) is 1. The minimum absolute atomic E-state index is 0.0165. The van der Waals surface area contributed by atoms with Gasteiger partial charge < -0.3 is 20.5 Å². The third kappa shape index (κ3) is 4.55. The second-order valence-electron chi connectivity index (χ2n) is 4.95. The number of hydrogen-bond acceptors (Lipinski definition) is 4. The fourth-order valence-electron chi connectivity index (χ4n) is 2.53. The number of carbonyl (C=O) groups excluding carboxylic acids is 1. The molecule has 0 aliphatic heterocycles. The smallest absolute Gasteiger partial charge is 0.227 e. The van der Waals surface area contributed by atoms with Gasteiger partial charge in [0.2, 0.25) is 5.91 Å². The maximum atomic E-state index is 12.4. The Kier molecular flexibility index (Phi) is 7.23. The molecule has 1 aliphatic rings. The van der Waals surface area contributed by atoms with Gasteiger partial charge in [-0.3, -0.25) is 4.79 Å². The Labute approximate surface area is 109 Å². The lowest BCUT2D eigenvalue weighted by Crippen LogP contribution is -2.46. The summed E-state index contributed by atoms with van der Waals surface area (Å²) < 4.78 is 5.00. The van der Waals surface area contributed by atoms with Crippen LogP contribution >= 0.6 is 0 Å². The fraction of sp³-hybridized carbons (Fsp3) is 0.923. The van der Waals surface area contributed by atoms with Crippen LogP contribution < -0.4 is 5.73 Å². The molecule has 106 valence electrons. The van der Waals surface area contributed by atoms with E-state index in [0.717, 1.165) is 32.1 Å². The van der Waals surface area contributed by atoms with Gasteiger partial charge in [0.05, 0.1) is 19.1 Å². The Balaban J connectivity index is 2.60. The highest BCUT2D eigenvalue weighted by molar-refractivity contribution is 5.79. The SMILES string of the molecule is COCCN(CCO)C(=O)C1CCCCCC1N. The predicted octanol–water partition coefficient (Wildman–Crippen LogP) is 0.361. The molecule has 18 heavy (non-hydrogen) atoms. The molecule has 1 rings (SSSR count). The van der Waals surface area contributed by atoms with Crippen LogP contribution in [0.25, 0.3) is 0 Å². The van der Waals surface area contributed by atoms with Crippen LogP contribution in [0.1, 0.15) is 32.1 Å². The second-order valence-corrected chi connectivity index (χ2v) is 4.95. The lowest BCUT2D eigenvalue weighted by Gasteiger charge is -2.28. The minimum atomic E-state index is -0.0871. The Hall–Kier alpha value is -0.650. The van der Waals surface area contributed by atoms with Crippen LogP contribution in [0.5, 0.6) is 0 Å². The molecule has 3 N–H and O–H groups in total. The predicted molar refractivity (Wildman–Crippen MR) is 70.1 cm³/mol. The standard InChI is InChI=1S/C13H26N2O3/c1-18-10-8-15(7-9-16)13(17)11-5-3-2-4-6-12(11)14/h11-12,16H,2-10,14H2,1H3. The summed E-state index contributed by atoms with van der Waals surface area (Å²) >= 11 is 0. The third-order valence-corrected chi connectivity index (χ3v) is 3.63. The molecular formula is C13H26N2O3. The highest BCUT2D eigenvalue weighted by Crippen LogP contribution is 2.24. The van der Waals surface area contributed by atoms with Crippen molar-refractivity contribution in [1.82, 2.24) is 4.90 Å². The maximum Gasteiger partial charge on any atom is 0.227 e. The summed E-state index contributed by atoms with van der Waals surface area (Å²) in [6.07, 6.45) is 5.14. The van der Waals surface area contributed by atoms with Crippen LogP contribution in [-0.4, -0.2) is 55.4 Å². The first kappa shape index (κ1) is 15.4. The molecule has 5 heteroatoms. The van der Waals surface area contributed by atoms with Gasteiger partial charge in [-0.05, 0) is 12.8 Å². The van der Waals surface area contributed by atoms with E-state index in [1.165, 1.54) is 0 Å². The quantitative estimate of drug-likeness (QED) is 0.675. The monoisotopic (exact) mass is 258 g/mol. The Morgan fingerprint density at radius 1 is 1.33 bits per heavy atom. The fourth-order valence-corrected chi connectivity index (χ4v) is 2.53. The maximum absolute atomic E-state index is 12.4. The van der Waals surface area contributed by atoms with Crippen molar-refractivity contribution in [3.63, 3.8) is 0 Å². The first-order valence-corrected chi connectivity index (χ1v) is 6.85. The van der Waals surface area contributed by atoms with Crippen LogP contribution in [-0.2, 0) is 9.53 Å². The van der Waals surface area contributed by atoms with Gasteiger partial charge in [0.15, 0.2) is 0 Å². The average molecular weight is 258 g/mol. The molecule has 1 fully saturated rings. The molecule has 5 nitrogen and oxygen atoms in total. The minimum Gasteiger partial charge on any atom is -0.395 e. The van der Waals surface area contributed by atoms with E-state index in [9.17, 15) is 4.79 Å². The number of amides is 1. The second kappa shape index (κ2) is 8.45. The van der Waals surface area contributed by atoms with Crippen molar-refractivity contribution in [2.75, 3.05) is 33.4 Å². The van der Waals surface area contributed by atoms with E-state index in [2.05, 4.69) is 0 Å². The molecule has 0 bridgehead atoms. The number of hydrogen-bond donors (Lipinski definition) is 2. The number of methoxy groups -OCH3 is 1. The average Bonchev–Trinajstić information content (AvgIpc) is 2.58. The molecule has 0 aromatic rings. The van der Waals surface area contributed by atoms with Gasteiger partial charge in [0, 0.05) is 26.2 Å². The van der Waals surface area contributed by atoms with E-state index in [4.69, 9.17) is 15.6 Å². The zero-order valence-corrected chi connectivity index (χ0v) is 11.3. The summed E-state index contributed by atoms with van der Waals surface area (Å²) in [7, 11) is 1.61. The van der Waals surface area contributed by atoms with E-state index in [1.54, 1.807) is 12.0 Å². The molecule has 0 spiro atoms. The van der Waals surface area contributed by atoms with Gasteiger partial charge in [-0.15, -0.1) is 0 Å². The molecule has 0 aromatic carbocycles. The number of aliphatic hydroxyl groups is 1. The number of carbonyl (C=O) groups is 1. The van der Waals surface area contributed by atoms with Crippen molar-refractivity contribution in [3.8, 4) is 0 Å². The Morgan fingerprint density at radius 2 is 2.06 bits per heavy atom. The first-order chi connectivity index (χ1) is 8.70. The van der Waals surface area contributed by atoms with Gasteiger partial charge in [-0.1, -0.05) is 19.3 Å². The summed E-state index contributed by atoms with van der Waals surface area (Å²) in [4.78, 5) is 14.1. The topological polar surface area (TPSA) is 75.8 Å². The van der Waals surface area contributed by atoms with Crippen molar-refractivity contribution in [1.29, 1.82) is 0 Å². The van der Waals surface area contributed by atoms with Crippen LogP contribution in [0.4, 0.5) is 0 Å². The van der Waals surface area contributed by atoms with Crippen molar-refractivity contribution in [3.05, 3.63) is 0 Å². The van der Waals surface area contributed by atoms with Crippen molar-refractivity contribution < 1.29 is 14.6 Å². The van der Waals surface area contributed by atoms with Crippen LogP contribution in [0, 0.1) is 5.92 Å². The Bertz CT molecular complexity index is 248. The molecule has 1 amide bonds. The summed E-state index contributed by atoms with van der Waals surface area (Å²) in [5, 5.41) is 9.04. The highest BCUT2D eigenvalue weighted by Gasteiger charge is 2.30. The zero-order valence-electron chi connectivity index (χ0n) is 11.3. The number of rotatable bonds is 6. The molecule has 0 heterocycles. The summed E-state index contributed by atoms with van der Waals surface area (Å²) in [5.41, 5.74) is 6.10. The molecule has 0 saturated heterocycles. The Morgan fingerprint density at radius 3 is 2.72 bits per heavy atom. The number of ether oxygens (including phenoxy) is 1. The van der Waals surface area contributed by atoms with Gasteiger partial charge in [0.1, 0.15) is 0 Å². The van der Waals surface area contributed by atoms with Crippen LogP contribution in [0.3, 0.4) is 0 Å². The van der Waals surface area contributed by atoms with Gasteiger partial charge in [-0.25, -0.2) is 0 Å². The molecule has 0 radical (unpaired) electrons. The lowest BCUT2D eigenvalue weighted by molar-refractivity contribution is -0.137. The normalized spacial score (nSPS) is 24.6. The molecule has 2 atom stereocenters. The zero-order chi connectivity index (χ0) is 13.4. The number of aliphatic hydroxyl groups excluding tert-OH is 1. The van der Waals surface area contributed by atoms with Crippen molar-refractivity contribution >= 4 is 5.91 Å². The molecular weight excluding hydrogens is 232 g/mol. The summed E-state index contributed by atoms with van der Waals surface area (Å²) in [6.45, 7) is 1.37. The van der Waals surface area contributed by atoms with E-state index >= 15 is 0 Å². The van der Waals surface area contributed by atoms with E-state index < -0.39 is 0 Å². The first-order valence-electron chi connectivity index (χ1n) is 6.85. The largest absolute Gasteiger partial charge is 0.395 e. The number of nitrogens with two attached hydrogens (primary N) is 1. The third-order valence-electron chi connectivity index (χ3n) is 3.63. The summed E-state index contributed by atoms with van der Waals surface area (Å²) in [5.74, 6) is -0.00796. The van der Waals surface area contributed by atoms with Crippen molar-refractivity contribution in [2.45, 2.75) is 38.1 Å². The van der Waals surface area contributed by atoms with Gasteiger partial charge in [-0.2, -0.15) is 0 Å². The molecule has 1 aliphatic carbocycles. The van der Waals surface area contributed by atoms with Gasteiger partial charge >= 0.3 is 0 Å². The highest BCUT2D eigenvalue weighted by atomic mass is 16.5. The molecule has 1 saturated carbocycles.